The first kappa shape index (κ1) is 16.7. The van der Waals surface area contributed by atoms with Gasteiger partial charge in [0.05, 0.1) is 0 Å². The van der Waals surface area contributed by atoms with Crippen LogP contribution >= 0.6 is 0 Å². The molecule has 0 radical (unpaired) electrons. The number of nitrogens with one attached hydrogen (secondary N) is 2. The zero-order chi connectivity index (χ0) is 14.0. The Bertz CT molecular complexity index is 272. The van der Waals surface area contributed by atoms with E-state index in [2.05, 4.69) is 15.6 Å². The van der Waals surface area contributed by atoms with Crippen molar-refractivity contribution < 1.29 is 9.53 Å². The maximum Gasteiger partial charge on any atom is 0.242 e. The number of carbonyl (C=O) groups excluding carboxylic acids is 1. The fourth-order valence-corrected chi connectivity index (χ4v) is 1.21. The Kier molecular flexibility index (Phi) is 8.11. The van der Waals surface area contributed by atoms with Crippen LogP contribution in [0.3, 0.4) is 0 Å². The average Bonchev–Trinajstić information content (AvgIpc) is 2.24. The molecule has 0 aliphatic carbocycles. The molecule has 0 atom stereocenters. The van der Waals surface area contributed by atoms with Crippen LogP contribution in [0.4, 0.5) is 0 Å². The van der Waals surface area contributed by atoms with Crippen LogP contribution in [-0.2, 0) is 9.53 Å². The van der Waals surface area contributed by atoms with Gasteiger partial charge in [-0.05, 0) is 34.1 Å². The third kappa shape index (κ3) is 11.2. The summed E-state index contributed by atoms with van der Waals surface area (Å²) in [6.45, 7) is 9.87. The molecule has 0 fully saturated rings. The van der Waals surface area contributed by atoms with E-state index in [9.17, 15) is 4.79 Å². The van der Waals surface area contributed by atoms with Gasteiger partial charge in [-0.1, -0.05) is 0 Å². The highest BCUT2D eigenvalue weighted by Crippen LogP contribution is 1.97. The number of hydrogen-bond acceptors (Lipinski definition) is 3. The van der Waals surface area contributed by atoms with Crippen LogP contribution in [-0.4, -0.2) is 43.7 Å². The van der Waals surface area contributed by atoms with Crippen molar-refractivity contribution in [3.05, 3.63) is 0 Å². The van der Waals surface area contributed by atoms with E-state index in [1.54, 1.807) is 0 Å². The third-order valence-corrected chi connectivity index (χ3v) is 1.88. The number of carbonyl (C=O) groups is 1. The second-order valence-corrected chi connectivity index (χ2v) is 4.98. The molecule has 1 amide bonds. The summed E-state index contributed by atoms with van der Waals surface area (Å²) < 4.78 is 5.18. The molecule has 0 aliphatic heterocycles. The molecule has 0 aromatic carbocycles. The summed E-state index contributed by atoms with van der Waals surface area (Å²) in [5, 5.41) is 5.74. The summed E-state index contributed by atoms with van der Waals surface area (Å²) in [6, 6.07) is 0. The number of aliphatic imine (C=N–C) groups is 1. The van der Waals surface area contributed by atoms with E-state index in [1.165, 1.54) is 0 Å². The molecule has 4 N–H and O–H groups in total. The van der Waals surface area contributed by atoms with Gasteiger partial charge in [-0.15, -0.1) is 0 Å². The van der Waals surface area contributed by atoms with Gasteiger partial charge in [0.1, 0.15) is 6.54 Å². The molecule has 0 rings (SSSR count). The Morgan fingerprint density at radius 1 is 1.39 bits per heavy atom. The number of guanidine groups is 1. The molecule has 106 valence electrons. The lowest BCUT2D eigenvalue weighted by molar-refractivity contribution is -0.121. The summed E-state index contributed by atoms with van der Waals surface area (Å²) >= 11 is 0. The summed E-state index contributed by atoms with van der Waals surface area (Å²) in [7, 11) is 0. The Balaban J connectivity index is 3.73. The highest BCUT2D eigenvalue weighted by atomic mass is 16.5. The van der Waals surface area contributed by atoms with Gasteiger partial charge in [0.25, 0.3) is 0 Å². The maximum absolute atomic E-state index is 11.5. The molecule has 0 saturated carbocycles. The molecule has 0 bridgehead atoms. The van der Waals surface area contributed by atoms with Gasteiger partial charge < -0.3 is 21.1 Å². The van der Waals surface area contributed by atoms with Crippen molar-refractivity contribution in [2.75, 3.05) is 26.3 Å². The van der Waals surface area contributed by atoms with Crippen LogP contribution in [0.25, 0.3) is 0 Å². The van der Waals surface area contributed by atoms with E-state index < -0.39 is 0 Å². The SMILES string of the molecule is CCOCCCNC(N)=NCC(=O)NC(C)(C)C. The van der Waals surface area contributed by atoms with Gasteiger partial charge in [0.15, 0.2) is 5.96 Å². The molecule has 0 aromatic rings. The van der Waals surface area contributed by atoms with Gasteiger partial charge in [-0.3, -0.25) is 4.79 Å². The van der Waals surface area contributed by atoms with Crippen LogP contribution in [0.5, 0.6) is 0 Å². The maximum atomic E-state index is 11.5. The molecule has 6 nitrogen and oxygen atoms in total. The average molecular weight is 258 g/mol. The van der Waals surface area contributed by atoms with E-state index in [4.69, 9.17) is 10.5 Å². The number of rotatable bonds is 7. The minimum absolute atomic E-state index is 0.0432. The van der Waals surface area contributed by atoms with Crippen LogP contribution in [0, 0.1) is 0 Å². The molecule has 0 unspecified atom stereocenters. The topological polar surface area (TPSA) is 88.7 Å². The highest BCUT2D eigenvalue weighted by Gasteiger charge is 2.12. The van der Waals surface area contributed by atoms with Crippen molar-refractivity contribution in [2.45, 2.75) is 39.7 Å². The predicted octanol–water partition coefficient (Wildman–Crippen LogP) is 0.232. The molecule has 0 saturated heterocycles. The van der Waals surface area contributed by atoms with Crippen molar-refractivity contribution in [1.29, 1.82) is 0 Å². The van der Waals surface area contributed by atoms with Gasteiger partial charge in [0.2, 0.25) is 5.91 Å². The number of nitrogens with two attached hydrogens (primary N) is 1. The van der Waals surface area contributed by atoms with Crippen LogP contribution in [0.15, 0.2) is 4.99 Å². The Labute approximate surface area is 109 Å². The molecule has 18 heavy (non-hydrogen) atoms. The summed E-state index contributed by atoms with van der Waals surface area (Å²) in [5.41, 5.74) is 5.37. The third-order valence-electron chi connectivity index (χ3n) is 1.88. The lowest BCUT2D eigenvalue weighted by Crippen LogP contribution is -2.42. The molecule has 0 spiro atoms. The Morgan fingerprint density at radius 3 is 2.61 bits per heavy atom. The standard InChI is InChI=1S/C12H26N4O2/c1-5-18-8-6-7-14-11(13)15-9-10(17)16-12(2,3)4/h5-9H2,1-4H3,(H,16,17)(H3,13,14,15). The second-order valence-electron chi connectivity index (χ2n) is 4.98. The lowest BCUT2D eigenvalue weighted by Gasteiger charge is -2.19. The van der Waals surface area contributed by atoms with Gasteiger partial charge >= 0.3 is 0 Å². The van der Waals surface area contributed by atoms with E-state index >= 15 is 0 Å². The molecular weight excluding hydrogens is 232 g/mol. The fraction of sp³-hybridized carbons (Fsp3) is 0.833. The zero-order valence-electron chi connectivity index (χ0n) is 11.9. The Hall–Kier alpha value is -1.30. The van der Waals surface area contributed by atoms with Crippen LogP contribution in [0.1, 0.15) is 34.1 Å². The van der Waals surface area contributed by atoms with Crippen LogP contribution < -0.4 is 16.4 Å². The number of amides is 1. The molecule has 0 aromatic heterocycles. The first-order chi connectivity index (χ1) is 8.35. The Morgan fingerprint density at radius 2 is 2.06 bits per heavy atom. The monoisotopic (exact) mass is 258 g/mol. The van der Waals surface area contributed by atoms with Crippen molar-refractivity contribution in [3.8, 4) is 0 Å². The summed E-state index contributed by atoms with van der Waals surface area (Å²) in [5.74, 6) is 0.150. The minimum Gasteiger partial charge on any atom is -0.382 e. The predicted molar refractivity (Wildman–Crippen MR) is 73.5 cm³/mol. The second kappa shape index (κ2) is 8.74. The summed E-state index contributed by atoms with van der Waals surface area (Å²) in [6.07, 6.45) is 0.859. The first-order valence-electron chi connectivity index (χ1n) is 6.27. The van der Waals surface area contributed by atoms with Crippen molar-refractivity contribution in [1.82, 2.24) is 10.6 Å². The zero-order valence-corrected chi connectivity index (χ0v) is 11.9. The number of ether oxygens (including phenoxy) is 1. The molecule has 0 heterocycles. The largest absolute Gasteiger partial charge is 0.382 e. The van der Waals surface area contributed by atoms with Crippen molar-refractivity contribution >= 4 is 11.9 Å². The van der Waals surface area contributed by atoms with Gasteiger partial charge in [0, 0.05) is 25.3 Å². The fourth-order valence-electron chi connectivity index (χ4n) is 1.21. The van der Waals surface area contributed by atoms with E-state index in [0.717, 1.165) is 13.0 Å². The molecule has 6 heteroatoms. The minimum atomic E-state index is -0.244. The number of nitrogens with zero attached hydrogens (tertiary/aromatic N) is 1. The molecular formula is C12H26N4O2. The van der Waals surface area contributed by atoms with Crippen molar-refractivity contribution in [2.24, 2.45) is 10.7 Å². The first-order valence-corrected chi connectivity index (χ1v) is 6.27. The van der Waals surface area contributed by atoms with E-state index in [-0.39, 0.29) is 24.0 Å². The normalized spacial score (nSPS) is 12.3. The van der Waals surface area contributed by atoms with Gasteiger partial charge in [-0.2, -0.15) is 0 Å². The lowest BCUT2D eigenvalue weighted by atomic mass is 10.1. The summed E-state index contributed by atoms with van der Waals surface area (Å²) in [4.78, 5) is 15.4. The van der Waals surface area contributed by atoms with E-state index in [0.29, 0.717) is 13.2 Å². The quantitative estimate of drug-likeness (QED) is 0.346. The number of hydrogen-bond donors (Lipinski definition) is 3. The molecule has 0 aliphatic rings. The highest BCUT2D eigenvalue weighted by molar-refractivity contribution is 5.84. The van der Waals surface area contributed by atoms with E-state index in [1.807, 2.05) is 27.7 Å². The van der Waals surface area contributed by atoms with Crippen LogP contribution in [0.2, 0.25) is 0 Å². The van der Waals surface area contributed by atoms with Gasteiger partial charge in [-0.25, -0.2) is 4.99 Å². The van der Waals surface area contributed by atoms with Crippen molar-refractivity contribution in [3.63, 3.8) is 0 Å². The smallest absolute Gasteiger partial charge is 0.242 e.